The second kappa shape index (κ2) is 6.83. The number of hydrogen-bond donors (Lipinski definition) is 1. The number of benzene rings is 2. The van der Waals surface area contributed by atoms with E-state index in [0.717, 1.165) is 5.56 Å². The van der Waals surface area contributed by atoms with E-state index in [0.29, 0.717) is 30.2 Å². The number of nitrogens with zero attached hydrogens (tertiary/aromatic N) is 2. The molecule has 0 bridgehead atoms. The van der Waals surface area contributed by atoms with Gasteiger partial charge in [0.25, 0.3) is 5.91 Å². The molecule has 0 unspecified atom stereocenters. The third-order valence-corrected chi connectivity index (χ3v) is 3.23. The zero-order valence-electron chi connectivity index (χ0n) is 12.2. The van der Waals surface area contributed by atoms with Crippen LogP contribution in [0.5, 0.6) is 0 Å². The van der Waals surface area contributed by atoms with Crippen molar-refractivity contribution in [3.05, 3.63) is 71.9 Å². The van der Waals surface area contributed by atoms with E-state index >= 15 is 0 Å². The van der Waals surface area contributed by atoms with Gasteiger partial charge in [0.1, 0.15) is 5.82 Å². The third kappa shape index (κ3) is 3.79. The predicted octanol–water partition coefficient (Wildman–Crippen LogP) is 2.85. The number of hydrogen-bond acceptors (Lipinski definition) is 4. The van der Waals surface area contributed by atoms with Gasteiger partial charge in [0.15, 0.2) is 0 Å². The van der Waals surface area contributed by atoms with E-state index in [1.807, 2.05) is 30.3 Å². The van der Waals surface area contributed by atoms with Crippen LogP contribution in [0, 0.1) is 5.82 Å². The van der Waals surface area contributed by atoms with Gasteiger partial charge < -0.3 is 9.84 Å². The SMILES string of the molecule is O=C(NCCc1nc(-c2ccccc2)no1)c1ccc(F)cc1. The molecule has 0 atom stereocenters. The number of nitrogens with one attached hydrogen (secondary N) is 1. The number of halogens is 1. The fourth-order valence-electron chi connectivity index (χ4n) is 2.05. The molecule has 1 aromatic heterocycles. The molecular weight excluding hydrogens is 297 g/mol. The number of carbonyl (C=O) groups is 1. The van der Waals surface area contributed by atoms with Gasteiger partial charge in [0.05, 0.1) is 0 Å². The lowest BCUT2D eigenvalue weighted by molar-refractivity contribution is 0.0953. The normalized spacial score (nSPS) is 10.5. The molecule has 0 spiro atoms. The minimum Gasteiger partial charge on any atom is -0.352 e. The van der Waals surface area contributed by atoms with Crippen LogP contribution in [0.25, 0.3) is 11.4 Å². The van der Waals surface area contributed by atoms with Crippen molar-refractivity contribution < 1.29 is 13.7 Å². The standard InChI is InChI=1S/C17H14FN3O2/c18-14-8-6-13(7-9-14)17(22)19-11-10-15-20-16(21-23-15)12-4-2-1-3-5-12/h1-9H,10-11H2,(H,19,22). The molecule has 0 aliphatic heterocycles. The minimum atomic E-state index is -0.374. The molecule has 0 aliphatic rings. The van der Waals surface area contributed by atoms with E-state index in [1.165, 1.54) is 24.3 Å². The molecule has 1 N–H and O–H groups in total. The first-order chi connectivity index (χ1) is 11.2. The lowest BCUT2D eigenvalue weighted by atomic mass is 10.2. The summed E-state index contributed by atoms with van der Waals surface area (Å²) >= 11 is 0. The van der Waals surface area contributed by atoms with Gasteiger partial charge in [0, 0.05) is 24.1 Å². The topological polar surface area (TPSA) is 68.0 Å². The maximum atomic E-state index is 12.8. The van der Waals surface area contributed by atoms with Crippen LogP contribution in [0.2, 0.25) is 0 Å². The quantitative estimate of drug-likeness (QED) is 0.786. The van der Waals surface area contributed by atoms with Crippen molar-refractivity contribution >= 4 is 5.91 Å². The van der Waals surface area contributed by atoms with Gasteiger partial charge in [-0.2, -0.15) is 4.98 Å². The molecular formula is C17H14FN3O2. The molecule has 2 aromatic carbocycles. The van der Waals surface area contributed by atoms with Crippen LogP contribution in [0.3, 0.4) is 0 Å². The average molecular weight is 311 g/mol. The number of carbonyl (C=O) groups excluding carboxylic acids is 1. The van der Waals surface area contributed by atoms with Gasteiger partial charge in [-0.05, 0) is 24.3 Å². The van der Waals surface area contributed by atoms with Crippen LogP contribution in [-0.2, 0) is 6.42 Å². The van der Waals surface area contributed by atoms with Crippen molar-refractivity contribution in [1.82, 2.24) is 15.5 Å². The second-order valence-electron chi connectivity index (χ2n) is 4.89. The zero-order chi connectivity index (χ0) is 16.1. The Balaban J connectivity index is 1.54. The maximum Gasteiger partial charge on any atom is 0.251 e. The Bertz CT molecular complexity index is 785. The van der Waals surface area contributed by atoms with E-state index in [1.54, 1.807) is 0 Å². The van der Waals surface area contributed by atoms with E-state index in [4.69, 9.17) is 4.52 Å². The summed E-state index contributed by atoms with van der Waals surface area (Å²) in [6.45, 7) is 0.354. The molecule has 3 aromatic rings. The Labute approximate surface area is 132 Å². The van der Waals surface area contributed by atoms with Crippen LogP contribution < -0.4 is 5.32 Å². The predicted molar refractivity (Wildman–Crippen MR) is 82.2 cm³/mol. The third-order valence-electron chi connectivity index (χ3n) is 3.23. The lowest BCUT2D eigenvalue weighted by Gasteiger charge is -2.03. The first-order valence-electron chi connectivity index (χ1n) is 7.14. The van der Waals surface area contributed by atoms with Gasteiger partial charge in [-0.25, -0.2) is 4.39 Å². The first kappa shape index (κ1) is 14.9. The Kier molecular flexibility index (Phi) is 4.42. The van der Waals surface area contributed by atoms with Crippen LogP contribution in [0.15, 0.2) is 59.1 Å². The van der Waals surface area contributed by atoms with Gasteiger partial charge in [-0.3, -0.25) is 4.79 Å². The summed E-state index contributed by atoms with van der Waals surface area (Å²) in [5.74, 6) is 0.322. The smallest absolute Gasteiger partial charge is 0.251 e. The summed E-state index contributed by atoms with van der Waals surface area (Å²) < 4.78 is 18.0. The van der Waals surface area contributed by atoms with Crippen LogP contribution >= 0.6 is 0 Å². The second-order valence-corrected chi connectivity index (χ2v) is 4.89. The first-order valence-corrected chi connectivity index (χ1v) is 7.14. The highest BCUT2D eigenvalue weighted by Gasteiger charge is 2.09. The van der Waals surface area contributed by atoms with E-state index in [-0.39, 0.29) is 11.7 Å². The van der Waals surface area contributed by atoms with Crippen LogP contribution in [-0.4, -0.2) is 22.6 Å². The molecule has 1 heterocycles. The molecule has 6 heteroatoms. The highest BCUT2D eigenvalue weighted by atomic mass is 19.1. The summed E-state index contributed by atoms with van der Waals surface area (Å²) in [6, 6.07) is 14.9. The van der Waals surface area contributed by atoms with Gasteiger partial charge in [0.2, 0.25) is 11.7 Å². The average Bonchev–Trinajstić information content (AvgIpc) is 3.05. The largest absolute Gasteiger partial charge is 0.352 e. The fourth-order valence-corrected chi connectivity index (χ4v) is 2.05. The van der Waals surface area contributed by atoms with Gasteiger partial charge in [-0.1, -0.05) is 35.5 Å². The van der Waals surface area contributed by atoms with E-state index in [9.17, 15) is 9.18 Å². The zero-order valence-corrected chi connectivity index (χ0v) is 12.2. The summed E-state index contributed by atoms with van der Waals surface area (Å²) in [4.78, 5) is 16.2. The molecule has 116 valence electrons. The molecule has 3 rings (SSSR count). The molecule has 0 saturated carbocycles. The molecule has 23 heavy (non-hydrogen) atoms. The maximum absolute atomic E-state index is 12.8. The number of rotatable bonds is 5. The van der Waals surface area contributed by atoms with Gasteiger partial charge >= 0.3 is 0 Å². The van der Waals surface area contributed by atoms with Gasteiger partial charge in [-0.15, -0.1) is 0 Å². The molecule has 0 radical (unpaired) electrons. The number of amides is 1. The fraction of sp³-hybridized carbons (Fsp3) is 0.118. The molecule has 0 aliphatic carbocycles. The highest BCUT2D eigenvalue weighted by Crippen LogP contribution is 2.14. The Morgan fingerprint density at radius 3 is 2.57 bits per heavy atom. The monoisotopic (exact) mass is 311 g/mol. The molecule has 1 amide bonds. The highest BCUT2D eigenvalue weighted by molar-refractivity contribution is 5.94. The summed E-state index contributed by atoms with van der Waals surface area (Å²) in [5.41, 5.74) is 1.28. The van der Waals surface area contributed by atoms with Crippen molar-refractivity contribution in [1.29, 1.82) is 0 Å². The molecule has 5 nitrogen and oxygen atoms in total. The van der Waals surface area contributed by atoms with Crippen molar-refractivity contribution in [2.24, 2.45) is 0 Å². The van der Waals surface area contributed by atoms with E-state index < -0.39 is 0 Å². The van der Waals surface area contributed by atoms with Crippen LogP contribution in [0.1, 0.15) is 16.2 Å². The summed E-state index contributed by atoms with van der Waals surface area (Å²) in [5, 5.41) is 6.64. The van der Waals surface area contributed by atoms with Crippen molar-refractivity contribution in [2.45, 2.75) is 6.42 Å². The Morgan fingerprint density at radius 2 is 1.83 bits per heavy atom. The summed E-state index contributed by atoms with van der Waals surface area (Å²) in [7, 11) is 0. The Morgan fingerprint density at radius 1 is 1.09 bits per heavy atom. The number of aromatic nitrogens is 2. The molecule has 0 fully saturated rings. The van der Waals surface area contributed by atoms with E-state index in [2.05, 4.69) is 15.5 Å². The van der Waals surface area contributed by atoms with Crippen molar-refractivity contribution in [3.63, 3.8) is 0 Å². The summed E-state index contributed by atoms with van der Waals surface area (Å²) in [6.07, 6.45) is 0.423. The van der Waals surface area contributed by atoms with Crippen LogP contribution in [0.4, 0.5) is 4.39 Å². The Hall–Kier alpha value is -3.02. The van der Waals surface area contributed by atoms with Crippen molar-refractivity contribution in [2.75, 3.05) is 6.54 Å². The minimum absolute atomic E-state index is 0.271. The lowest BCUT2D eigenvalue weighted by Crippen LogP contribution is -2.25. The van der Waals surface area contributed by atoms with Crippen molar-refractivity contribution in [3.8, 4) is 11.4 Å². The molecule has 0 saturated heterocycles.